The summed E-state index contributed by atoms with van der Waals surface area (Å²) < 4.78 is 60.3. The zero-order valence-electron chi connectivity index (χ0n) is 46.0. The maximum Gasteiger partial charge on any atom is 0.323 e. The highest BCUT2D eigenvalue weighted by Crippen LogP contribution is 2.28. The van der Waals surface area contributed by atoms with Crippen molar-refractivity contribution in [2.75, 3.05) is 141 Å². The van der Waals surface area contributed by atoms with E-state index in [1.807, 2.05) is 0 Å². The maximum atomic E-state index is 14.2. The third-order valence-electron chi connectivity index (χ3n) is 12.2. The molecule has 0 saturated heterocycles. The smallest absolute Gasteiger partial charge is 0.323 e. The summed E-state index contributed by atoms with van der Waals surface area (Å²) in [6.45, 7) is -5.54. The summed E-state index contributed by atoms with van der Waals surface area (Å²) in [5, 5.41) is 8.86. The van der Waals surface area contributed by atoms with E-state index in [1.54, 1.807) is 0 Å². The van der Waals surface area contributed by atoms with Crippen molar-refractivity contribution in [1.29, 1.82) is 0 Å². The Balaban J connectivity index is 1.51. The lowest BCUT2D eigenvalue weighted by Crippen LogP contribution is -2.49. The number of benzene rings is 2. The first-order valence-corrected chi connectivity index (χ1v) is 24.0. The van der Waals surface area contributed by atoms with Crippen molar-refractivity contribution in [3.05, 3.63) is 70.8 Å². The monoisotopic (exact) mass is 1150 g/mol. The first-order valence-electron chi connectivity index (χ1n) is 24.0. The van der Waals surface area contributed by atoms with E-state index in [0.29, 0.717) is 4.90 Å². The molecule has 2 aromatic carbocycles. The molecule has 0 fully saturated rings. The molecule has 12 amide bonds. The van der Waals surface area contributed by atoms with Crippen molar-refractivity contribution in [2.45, 2.75) is 12.8 Å². The number of hydrogen-bond donors (Lipinski definition) is 1. The molecule has 27 nitrogen and oxygen atoms in total. The molecule has 1 aliphatic rings. The van der Waals surface area contributed by atoms with Crippen LogP contribution < -0.4 is 9.64 Å². The fraction of sp³-hybridized carbons (Fsp3) is 0.440. The zero-order chi connectivity index (χ0) is 61.5. The number of anilines is 1. The highest BCUT2D eigenvalue weighted by molar-refractivity contribution is 6.28. The summed E-state index contributed by atoms with van der Waals surface area (Å²) in [6, 6.07) is 3.51. The van der Waals surface area contributed by atoms with Gasteiger partial charge in [-0.05, 0) is 24.1 Å². The van der Waals surface area contributed by atoms with Crippen LogP contribution in [0.5, 0.6) is 5.75 Å². The molecule has 1 aliphatic heterocycles. The van der Waals surface area contributed by atoms with E-state index in [0.717, 1.165) is 67.2 Å². The van der Waals surface area contributed by atoms with E-state index < -0.39 is 190 Å². The van der Waals surface area contributed by atoms with Crippen LogP contribution in [0.1, 0.15) is 22.3 Å². The van der Waals surface area contributed by atoms with E-state index in [4.69, 9.17) is 5.11 Å². The molecule has 3 rings (SSSR count). The van der Waals surface area contributed by atoms with Crippen molar-refractivity contribution >= 4 is 88.5 Å². The van der Waals surface area contributed by atoms with Crippen LogP contribution in [0.2, 0.25) is 0 Å². The van der Waals surface area contributed by atoms with Crippen LogP contribution >= 0.6 is 0 Å². The number of ether oxygens (including phenoxy) is 1. The predicted octanol–water partition coefficient (Wildman–Crippen LogP) is -2.51. The van der Waals surface area contributed by atoms with E-state index in [2.05, 4.69) is 4.74 Å². The van der Waals surface area contributed by atoms with Gasteiger partial charge in [-0.25, -0.2) is 13.7 Å². The Bertz CT molecular complexity index is 2860. The van der Waals surface area contributed by atoms with Gasteiger partial charge in [-0.2, -0.15) is 8.78 Å². The van der Waals surface area contributed by atoms with Crippen LogP contribution in [-0.4, -0.2) is 273 Å². The number of carboxylic acids is 1. The van der Waals surface area contributed by atoms with Crippen molar-refractivity contribution < 1.29 is 94.5 Å². The summed E-state index contributed by atoms with van der Waals surface area (Å²) in [4.78, 5) is 189. The number of amides is 12. The van der Waals surface area contributed by atoms with Crippen molar-refractivity contribution in [1.82, 2.24) is 49.0 Å². The van der Waals surface area contributed by atoms with Gasteiger partial charge in [-0.1, -0.05) is 6.07 Å². The first-order chi connectivity index (χ1) is 37.6. The Hall–Kier alpha value is -9.32. The lowest BCUT2D eigenvalue weighted by molar-refractivity contribution is -0.147. The van der Waals surface area contributed by atoms with Crippen molar-refractivity contribution in [3.63, 3.8) is 0 Å². The summed E-state index contributed by atoms with van der Waals surface area (Å²) in [5.74, 6) is -20.7. The number of hydrogen-bond acceptors (Lipinski definition) is 15. The van der Waals surface area contributed by atoms with Gasteiger partial charge in [-0.15, -0.1) is 0 Å². The number of imide groups is 1. The molecular formula is C50H61F4N11O16. The molecule has 0 aliphatic carbocycles. The molecule has 0 saturated carbocycles. The average Bonchev–Trinajstić information content (AvgIpc) is 3.77. The SMILES string of the molecule is CN(CC(=O)O)C(=O)CN(C)C(=O)CN(C)C(=O)CN(C)C(=O)CN(C)C(=O)CN(C)C(=O)CN(C)C(=O)CN(C)C(=O)CN(C)C(=O)CN(C)C(=O)c1cc(N2C(=O)C=CC2=O)ccc1CCC(=O)Oc1c(F)c(F)cc(F)c1F. The number of esters is 1. The van der Waals surface area contributed by atoms with Crippen LogP contribution in [0.3, 0.4) is 0 Å². The number of carbonyl (C=O) groups is 14. The van der Waals surface area contributed by atoms with Crippen LogP contribution in [0.4, 0.5) is 23.2 Å². The minimum atomic E-state index is -1.98. The predicted molar refractivity (Wildman–Crippen MR) is 272 cm³/mol. The molecule has 0 aromatic heterocycles. The summed E-state index contributed by atoms with van der Waals surface area (Å²) in [6.07, 6.45) is 0.788. The van der Waals surface area contributed by atoms with Crippen LogP contribution in [-0.2, 0) is 68.7 Å². The number of carbonyl (C=O) groups excluding carboxylic acids is 13. The standard InChI is InChI=1S/C50H61F4N11O16/c1-55(20-37(69)57(3)22-39(71)59(5)24-41(73)61(7)26-43(75)63(9)28-45(77)78)36(68)19-56(2)38(70)21-58(4)40(72)23-60(6)42(74)25-62(8)44(76)27-64(10)50(80)31-17-30(65-34(66)14-15-35(65)67)13-11-29(31)12-16-46(79)81-49-47(53)32(51)18-33(52)48(49)54/h11,13-15,17-18H,12,16,19-28H2,1-10H3,(H,77,78). The quantitative estimate of drug-likeness (QED) is 0.0335. The summed E-state index contributed by atoms with van der Waals surface area (Å²) in [7, 11) is 12.5. The Morgan fingerprint density at radius 2 is 0.741 bits per heavy atom. The van der Waals surface area contributed by atoms with Crippen molar-refractivity contribution in [3.8, 4) is 5.75 Å². The van der Waals surface area contributed by atoms with Gasteiger partial charge in [0.1, 0.15) is 6.54 Å². The average molecular weight is 1150 g/mol. The van der Waals surface area contributed by atoms with Gasteiger partial charge in [-0.3, -0.25) is 67.1 Å². The van der Waals surface area contributed by atoms with Gasteiger partial charge in [0.25, 0.3) is 17.7 Å². The maximum absolute atomic E-state index is 14.2. The molecular weight excluding hydrogens is 1090 g/mol. The lowest BCUT2D eigenvalue weighted by Gasteiger charge is -2.27. The Labute approximate surface area is 461 Å². The normalized spacial score (nSPS) is 11.6. The largest absolute Gasteiger partial charge is 0.480 e. The van der Waals surface area contributed by atoms with Gasteiger partial charge in [0.05, 0.1) is 71.0 Å². The highest BCUT2D eigenvalue weighted by Gasteiger charge is 2.31. The Morgan fingerprint density at radius 1 is 0.444 bits per heavy atom. The number of aliphatic carboxylic acids is 1. The number of rotatable bonds is 26. The number of nitrogens with zero attached hydrogens (tertiary/aromatic N) is 11. The lowest BCUT2D eigenvalue weighted by atomic mass is 10.00. The molecule has 0 atom stereocenters. The molecule has 1 N–H and O–H groups in total. The summed E-state index contributed by atoms with van der Waals surface area (Å²) >= 11 is 0. The molecule has 0 bridgehead atoms. The fourth-order valence-electron chi connectivity index (χ4n) is 7.00. The molecule has 81 heavy (non-hydrogen) atoms. The Kier molecular flexibility index (Phi) is 23.7. The third-order valence-corrected chi connectivity index (χ3v) is 12.2. The van der Waals surface area contributed by atoms with Gasteiger partial charge >= 0.3 is 11.9 Å². The molecule has 440 valence electrons. The van der Waals surface area contributed by atoms with Crippen LogP contribution in [0.15, 0.2) is 36.4 Å². The van der Waals surface area contributed by atoms with Crippen molar-refractivity contribution in [2.24, 2.45) is 0 Å². The molecule has 0 unspecified atom stereocenters. The molecule has 2 aromatic rings. The van der Waals surface area contributed by atoms with Crippen LogP contribution in [0.25, 0.3) is 0 Å². The summed E-state index contributed by atoms with van der Waals surface area (Å²) in [5.41, 5.74) is -0.342. The van der Waals surface area contributed by atoms with E-state index >= 15 is 0 Å². The fourth-order valence-corrected chi connectivity index (χ4v) is 7.00. The van der Waals surface area contributed by atoms with Gasteiger partial charge < -0.3 is 58.8 Å². The molecule has 0 spiro atoms. The van der Waals surface area contributed by atoms with Gasteiger partial charge in [0, 0.05) is 94.3 Å². The topological polar surface area (TPSA) is 304 Å². The third kappa shape index (κ3) is 18.7. The molecule has 0 radical (unpaired) electrons. The number of carboxylic acid groups (broad SMARTS) is 1. The number of aryl methyl sites for hydroxylation is 1. The number of halogens is 4. The second kappa shape index (κ2) is 29.1. The Morgan fingerprint density at radius 3 is 1.05 bits per heavy atom. The molecule has 31 heteroatoms. The minimum absolute atomic E-state index is 0.0262. The van der Waals surface area contributed by atoms with E-state index in [1.165, 1.54) is 82.6 Å². The highest BCUT2D eigenvalue weighted by atomic mass is 19.2. The van der Waals surface area contributed by atoms with Gasteiger partial charge in [0.15, 0.2) is 11.6 Å². The number of likely N-dealkylation sites (N-methyl/N-ethyl adjacent to an activating group) is 10. The van der Waals surface area contributed by atoms with E-state index in [-0.39, 0.29) is 22.9 Å². The van der Waals surface area contributed by atoms with E-state index in [9.17, 15) is 84.7 Å². The second-order valence-corrected chi connectivity index (χ2v) is 18.8. The first kappa shape index (κ1) is 66.0. The minimum Gasteiger partial charge on any atom is -0.480 e. The van der Waals surface area contributed by atoms with Crippen LogP contribution in [0, 0.1) is 23.3 Å². The molecule has 1 heterocycles. The van der Waals surface area contributed by atoms with Gasteiger partial charge in [0.2, 0.25) is 70.5 Å². The zero-order valence-corrected chi connectivity index (χ0v) is 46.0. The second-order valence-electron chi connectivity index (χ2n) is 18.8.